The highest BCUT2D eigenvalue weighted by Crippen LogP contribution is 2.30. The fraction of sp³-hybridized carbons (Fsp3) is 0.385. The first-order valence-electron chi connectivity index (χ1n) is 11.7. The maximum atomic E-state index is 13.1. The Morgan fingerprint density at radius 1 is 1.00 bits per heavy atom. The number of piperidine rings is 1. The summed E-state index contributed by atoms with van der Waals surface area (Å²) in [7, 11) is 0. The number of rotatable bonds is 4. The van der Waals surface area contributed by atoms with Crippen molar-refractivity contribution in [2.24, 2.45) is 11.8 Å². The number of benzene rings is 2. The zero-order valence-corrected chi connectivity index (χ0v) is 20.2. The van der Waals surface area contributed by atoms with Crippen molar-refractivity contribution in [1.29, 1.82) is 0 Å². The minimum absolute atomic E-state index is 0.0116. The molecule has 34 heavy (non-hydrogen) atoms. The molecule has 2 aliphatic heterocycles. The van der Waals surface area contributed by atoms with Gasteiger partial charge in [0.15, 0.2) is 5.13 Å². The lowest BCUT2D eigenvalue weighted by atomic mass is 9.94. The lowest BCUT2D eigenvalue weighted by Gasteiger charge is -2.32. The highest BCUT2D eigenvalue weighted by Gasteiger charge is 2.38. The summed E-state index contributed by atoms with van der Waals surface area (Å²) in [6.45, 7) is 5.52. The van der Waals surface area contributed by atoms with Gasteiger partial charge in [0, 0.05) is 37.7 Å². The number of hydrogen-bond acceptors (Lipinski definition) is 5. The molecule has 0 radical (unpaired) electrons. The minimum Gasteiger partial charge on any atom is -0.342 e. The largest absolute Gasteiger partial charge is 0.342 e. The Labute approximate surface area is 202 Å². The Morgan fingerprint density at radius 2 is 1.71 bits per heavy atom. The predicted octanol–water partition coefficient (Wildman–Crippen LogP) is 4.14. The van der Waals surface area contributed by atoms with Gasteiger partial charge in [0.05, 0.1) is 16.1 Å². The first kappa shape index (κ1) is 22.5. The molecule has 2 aliphatic rings. The molecule has 3 aromatic rings. The molecule has 5 rings (SSSR count). The van der Waals surface area contributed by atoms with Gasteiger partial charge in [-0.15, -0.1) is 0 Å². The van der Waals surface area contributed by atoms with Crippen LogP contribution in [0.2, 0.25) is 0 Å². The van der Waals surface area contributed by atoms with E-state index in [1.807, 2.05) is 55.1 Å². The van der Waals surface area contributed by atoms with E-state index in [4.69, 9.17) is 0 Å². The summed E-state index contributed by atoms with van der Waals surface area (Å²) >= 11 is 1.48. The van der Waals surface area contributed by atoms with Gasteiger partial charge in [-0.3, -0.25) is 14.4 Å². The van der Waals surface area contributed by atoms with Crippen molar-refractivity contribution in [3.63, 3.8) is 0 Å². The maximum Gasteiger partial charge on any atom is 0.229 e. The van der Waals surface area contributed by atoms with Gasteiger partial charge in [0.25, 0.3) is 0 Å². The monoisotopic (exact) mass is 476 g/mol. The van der Waals surface area contributed by atoms with Crippen LogP contribution in [-0.4, -0.2) is 47.2 Å². The number of fused-ring (bicyclic) bond motifs is 1. The third-order valence-corrected chi connectivity index (χ3v) is 7.71. The molecule has 0 spiro atoms. The van der Waals surface area contributed by atoms with Crippen LogP contribution in [0.25, 0.3) is 10.2 Å². The molecule has 0 bridgehead atoms. The number of aromatic nitrogens is 1. The van der Waals surface area contributed by atoms with Crippen LogP contribution >= 0.6 is 11.3 Å². The summed E-state index contributed by atoms with van der Waals surface area (Å²) in [5, 5.41) is 3.58. The summed E-state index contributed by atoms with van der Waals surface area (Å²) in [6, 6.07) is 13.9. The molecule has 2 aromatic carbocycles. The van der Waals surface area contributed by atoms with Crippen molar-refractivity contribution in [1.82, 2.24) is 9.88 Å². The highest BCUT2D eigenvalue weighted by atomic mass is 32.1. The van der Waals surface area contributed by atoms with Crippen LogP contribution in [0.15, 0.2) is 42.5 Å². The van der Waals surface area contributed by atoms with Crippen molar-refractivity contribution < 1.29 is 14.4 Å². The lowest BCUT2D eigenvalue weighted by molar-refractivity contribution is -0.138. The van der Waals surface area contributed by atoms with E-state index in [9.17, 15) is 14.4 Å². The van der Waals surface area contributed by atoms with E-state index in [-0.39, 0.29) is 36.0 Å². The Hall–Kier alpha value is -3.26. The zero-order chi connectivity index (χ0) is 23.8. The van der Waals surface area contributed by atoms with Crippen molar-refractivity contribution in [3.8, 4) is 0 Å². The molecule has 1 N–H and O–H groups in total. The highest BCUT2D eigenvalue weighted by molar-refractivity contribution is 7.22. The van der Waals surface area contributed by atoms with E-state index in [0.29, 0.717) is 37.6 Å². The molecule has 0 aliphatic carbocycles. The molecule has 7 nitrogen and oxygen atoms in total. The summed E-state index contributed by atoms with van der Waals surface area (Å²) < 4.78 is 1.06. The summed E-state index contributed by atoms with van der Waals surface area (Å²) in [5.41, 5.74) is 4.02. The van der Waals surface area contributed by atoms with Gasteiger partial charge >= 0.3 is 0 Å². The molecule has 176 valence electrons. The summed E-state index contributed by atoms with van der Waals surface area (Å²) in [5.74, 6) is -0.507. The van der Waals surface area contributed by atoms with Gasteiger partial charge in [0.1, 0.15) is 0 Å². The number of carbonyl (C=O) groups excluding carboxylic acids is 3. The predicted molar refractivity (Wildman–Crippen MR) is 134 cm³/mol. The topological polar surface area (TPSA) is 82.6 Å². The Balaban J connectivity index is 1.15. The second kappa shape index (κ2) is 9.18. The molecule has 2 fully saturated rings. The molecule has 2 saturated heterocycles. The molecule has 0 saturated carbocycles. The second-order valence-corrected chi connectivity index (χ2v) is 10.4. The Bertz CT molecular complexity index is 1240. The Kier molecular flexibility index (Phi) is 6.08. The average molecular weight is 477 g/mol. The molecular weight excluding hydrogens is 448 g/mol. The van der Waals surface area contributed by atoms with Crippen LogP contribution < -0.4 is 10.2 Å². The number of carbonyl (C=O) groups is 3. The first-order chi connectivity index (χ1) is 16.4. The van der Waals surface area contributed by atoms with E-state index in [1.165, 1.54) is 11.3 Å². The minimum atomic E-state index is -0.328. The van der Waals surface area contributed by atoms with E-state index in [0.717, 1.165) is 27.0 Å². The van der Waals surface area contributed by atoms with Crippen molar-refractivity contribution in [2.45, 2.75) is 33.1 Å². The molecule has 0 unspecified atom stereocenters. The number of nitrogens with one attached hydrogen (secondary N) is 1. The smallest absolute Gasteiger partial charge is 0.229 e. The summed E-state index contributed by atoms with van der Waals surface area (Å²) in [4.78, 5) is 46.5. The molecule has 1 aromatic heterocycles. The Morgan fingerprint density at radius 3 is 2.44 bits per heavy atom. The lowest BCUT2D eigenvalue weighted by Crippen LogP contribution is -2.44. The van der Waals surface area contributed by atoms with Crippen LogP contribution in [0.1, 0.15) is 30.4 Å². The maximum absolute atomic E-state index is 13.1. The fourth-order valence-corrected chi connectivity index (χ4v) is 5.73. The third-order valence-electron chi connectivity index (χ3n) is 6.77. The molecule has 1 atom stereocenters. The van der Waals surface area contributed by atoms with Crippen LogP contribution in [0.4, 0.5) is 10.8 Å². The number of anilines is 2. The summed E-state index contributed by atoms with van der Waals surface area (Å²) in [6.07, 6.45) is 1.47. The average Bonchev–Trinajstić information content (AvgIpc) is 3.41. The number of amides is 3. The molecule has 3 heterocycles. The van der Waals surface area contributed by atoms with E-state index in [2.05, 4.69) is 16.4 Å². The number of aryl methyl sites for hydroxylation is 2. The van der Waals surface area contributed by atoms with Gasteiger partial charge < -0.3 is 15.1 Å². The van der Waals surface area contributed by atoms with Crippen molar-refractivity contribution >= 4 is 50.1 Å². The van der Waals surface area contributed by atoms with E-state index < -0.39 is 0 Å². The third kappa shape index (κ3) is 4.55. The number of hydrogen-bond donors (Lipinski definition) is 1. The van der Waals surface area contributed by atoms with Gasteiger partial charge in [-0.25, -0.2) is 4.98 Å². The van der Waals surface area contributed by atoms with Gasteiger partial charge in [0.2, 0.25) is 17.7 Å². The van der Waals surface area contributed by atoms with Gasteiger partial charge in [-0.1, -0.05) is 35.1 Å². The van der Waals surface area contributed by atoms with Gasteiger partial charge in [-0.2, -0.15) is 0 Å². The molecular formula is C26H28N4O3S. The second-order valence-electron chi connectivity index (χ2n) is 9.32. The van der Waals surface area contributed by atoms with Crippen molar-refractivity contribution in [3.05, 3.63) is 53.6 Å². The van der Waals surface area contributed by atoms with E-state index >= 15 is 0 Å². The van der Waals surface area contributed by atoms with Crippen LogP contribution in [0.3, 0.4) is 0 Å². The van der Waals surface area contributed by atoms with Gasteiger partial charge in [-0.05, 0) is 56.5 Å². The first-order valence-corrected chi connectivity index (χ1v) is 12.5. The SMILES string of the molecule is Cc1ccc(N2C[C@@H](C(=O)N3CCC(C(=O)Nc4nc5ccc(C)cc5s4)CC3)CC2=O)cc1. The van der Waals surface area contributed by atoms with Crippen LogP contribution in [0, 0.1) is 25.7 Å². The van der Waals surface area contributed by atoms with E-state index in [1.54, 1.807) is 4.90 Å². The number of nitrogens with zero attached hydrogens (tertiary/aromatic N) is 3. The van der Waals surface area contributed by atoms with Crippen LogP contribution in [0.5, 0.6) is 0 Å². The normalized spacial score (nSPS) is 19.1. The number of likely N-dealkylation sites (tertiary alicyclic amines) is 1. The van der Waals surface area contributed by atoms with Crippen LogP contribution in [-0.2, 0) is 14.4 Å². The fourth-order valence-electron chi connectivity index (χ4n) is 4.76. The molecule has 8 heteroatoms. The van der Waals surface area contributed by atoms with Crippen molar-refractivity contribution in [2.75, 3.05) is 29.9 Å². The zero-order valence-electron chi connectivity index (χ0n) is 19.4. The standard InChI is InChI=1S/C26H28N4O3S/c1-16-3-6-20(7-4-16)30-15-19(14-23(30)31)25(33)29-11-9-18(10-12-29)24(32)28-26-27-21-8-5-17(2)13-22(21)34-26/h3-8,13,18-19H,9-12,14-15H2,1-2H3,(H,27,28,32)/t19-/m0/s1. The molecule has 3 amide bonds. The quantitative estimate of drug-likeness (QED) is 0.614. The number of thiazole rings is 1.